The molecule has 9 heteroatoms. The van der Waals surface area contributed by atoms with E-state index in [2.05, 4.69) is 31.7 Å². The van der Waals surface area contributed by atoms with Crippen LogP contribution in [-0.4, -0.2) is 46.4 Å². The predicted molar refractivity (Wildman–Crippen MR) is 158 cm³/mol. The van der Waals surface area contributed by atoms with E-state index in [4.69, 9.17) is 14.6 Å². The number of fused-ring (bicyclic) bond motifs is 1. The number of hydrogen-bond acceptors (Lipinski definition) is 7. The van der Waals surface area contributed by atoms with E-state index in [1.54, 1.807) is 25.7 Å². The predicted octanol–water partition coefficient (Wildman–Crippen LogP) is 7.32. The van der Waals surface area contributed by atoms with Crippen molar-refractivity contribution in [3.63, 3.8) is 0 Å². The summed E-state index contributed by atoms with van der Waals surface area (Å²) < 4.78 is 11.4. The number of hydrogen-bond donors (Lipinski definition) is 3. The molecule has 40 heavy (non-hydrogen) atoms. The number of carbonyl (C=O) groups is 1. The van der Waals surface area contributed by atoms with Gasteiger partial charge in [-0.05, 0) is 55.7 Å². The topological polar surface area (TPSA) is 118 Å². The van der Waals surface area contributed by atoms with Gasteiger partial charge in [0.05, 0.1) is 25.1 Å². The molecule has 4 aromatic rings. The molecule has 0 aliphatic carbocycles. The van der Waals surface area contributed by atoms with E-state index in [0.717, 1.165) is 71.4 Å². The zero-order valence-electron chi connectivity index (χ0n) is 23.2. The van der Waals surface area contributed by atoms with Crippen molar-refractivity contribution >= 4 is 28.4 Å². The standard InChI is InChI=1S/C31H37N5O4/c1-22-25-18-24(23-14-15-29(39-2)33-20-23)19-28(30(25)35-21-34-22)40-17-11-7-5-3-4-6-10-16-32-26-12-8-9-13-27(26)36-31(37)38/h8-9,12-15,18-21,32,36H,3-7,10-11,16-17H2,1-2H3,(H,37,38). The lowest BCUT2D eigenvalue weighted by Crippen LogP contribution is -2.10. The first kappa shape index (κ1) is 28.6. The number of rotatable bonds is 15. The highest BCUT2D eigenvalue weighted by Gasteiger charge is 2.11. The van der Waals surface area contributed by atoms with Crippen molar-refractivity contribution in [3.05, 3.63) is 66.7 Å². The number of carboxylic acid groups (broad SMARTS) is 1. The van der Waals surface area contributed by atoms with Crippen LogP contribution >= 0.6 is 0 Å². The van der Waals surface area contributed by atoms with Gasteiger partial charge < -0.3 is 19.9 Å². The molecule has 0 spiro atoms. The Balaban J connectivity index is 1.18. The van der Waals surface area contributed by atoms with Gasteiger partial charge in [0.15, 0.2) is 0 Å². The number of anilines is 2. The fourth-order valence-electron chi connectivity index (χ4n) is 4.59. The van der Waals surface area contributed by atoms with Gasteiger partial charge in [0.25, 0.3) is 0 Å². The third-order valence-corrected chi connectivity index (χ3v) is 6.74. The second-order valence-corrected chi connectivity index (χ2v) is 9.64. The van der Waals surface area contributed by atoms with Crippen molar-refractivity contribution in [2.75, 3.05) is 30.9 Å². The fourth-order valence-corrected chi connectivity index (χ4v) is 4.59. The minimum absolute atomic E-state index is 0.577. The van der Waals surface area contributed by atoms with Crippen LogP contribution < -0.4 is 20.1 Å². The van der Waals surface area contributed by atoms with Crippen LogP contribution in [0.1, 0.15) is 50.6 Å². The Bertz CT molecular complexity index is 1390. The van der Waals surface area contributed by atoms with Gasteiger partial charge in [-0.2, -0.15) is 0 Å². The number of para-hydroxylation sites is 2. The lowest BCUT2D eigenvalue weighted by molar-refractivity contribution is 0.210. The number of aryl methyl sites for hydroxylation is 1. The molecule has 2 aromatic heterocycles. The summed E-state index contributed by atoms with van der Waals surface area (Å²) in [6.07, 6.45) is 10.1. The summed E-state index contributed by atoms with van der Waals surface area (Å²) in [5, 5.41) is 15.7. The molecule has 2 heterocycles. The van der Waals surface area contributed by atoms with E-state index in [0.29, 0.717) is 18.2 Å². The van der Waals surface area contributed by atoms with Gasteiger partial charge >= 0.3 is 6.09 Å². The summed E-state index contributed by atoms with van der Waals surface area (Å²) in [6, 6.07) is 15.3. The number of benzene rings is 2. The smallest absolute Gasteiger partial charge is 0.409 e. The summed E-state index contributed by atoms with van der Waals surface area (Å²) in [6.45, 7) is 3.43. The largest absolute Gasteiger partial charge is 0.491 e. The first-order valence-corrected chi connectivity index (χ1v) is 13.8. The first-order valence-electron chi connectivity index (χ1n) is 13.8. The zero-order chi connectivity index (χ0) is 28.2. The molecule has 9 nitrogen and oxygen atoms in total. The molecule has 3 N–H and O–H groups in total. The van der Waals surface area contributed by atoms with Gasteiger partial charge in [-0.15, -0.1) is 0 Å². The minimum atomic E-state index is -1.06. The second-order valence-electron chi connectivity index (χ2n) is 9.64. The van der Waals surface area contributed by atoms with Crippen molar-refractivity contribution in [3.8, 4) is 22.8 Å². The van der Waals surface area contributed by atoms with Crippen molar-refractivity contribution in [1.82, 2.24) is 15.0 Å². The maximum Gasteiger partial charge on any atom is 0.409 e. The Kier molecular flexibility index (Phi) is 10.5. The summed E-state index contributed by atoms with van der Waals surface area (Å²) in [5.74, 6) is 1.34. The monoisotopic (exact) mass is 543 g/mol. The zero-order valence-corrected chi connectivity index (χ0v) is 23.2. The van der Waals surface area contributed by atoms with Crippen LogP contribution in [0.4, 0.5) is 16.2 Å². The van der Waals surface area contributed by atoms with Crippen LogP contribution in [0.3, 0.4) is 0 Å². The molecule has 2 aromatic carbocycles. The summed E-state index contributed by atoms with van der Waals surface area (Å²) in [7, 11) is 1.61. The number of amides is 1. The molecule has 4 rings (SSSR count). The highest BCUT2D eigenvalue weighted by atomic mass is 16.5. The molecule has 0 saturated carbocycles. The van der Waals surface area contributed by atoms with Crippen LogP contribution in [0, 0.1) is 6.92 Å². The van der Waals surface area contributed by atoms with Crippen molar-refractivity contribution in [2.45, 2.75) is 51.9 Å². The fraction of sp³-hybridized carbons (Fsp3) is 0.355. The van der Waals surface area contributed by atoms with Gasteiger partial charge in [-0.25, -0.2) is 19.7 Å². The lowest BCUT2D eigenvalue weighted by atomic mass is 10.0. The van der Waals surface area contributed by atoms with Gasteiger partial charge in [-0.3, -0.25) is 5.32 Å². The third kappa shape index (κ3) is 8.05. The van der Waals surface area contributed by atoms with Crippen molar-refractivity contribution in [2.24, 2.45) is 0 Å². The Labute approximate surface area is 235 Å². The number of ether oxygens (including phenoxy) is 2. The van der Waals surface area contributed by atoms with Gasteiger partial charge in [0.1, 0.15) is 17.6 Å². The molecule has 0 atom stereocenters. The average molecular weight is 544 g/mol. The minimum Gasteiger partial charge on any atom is -0.491 e. The van der Waals surface area contributed by atoms with Gasteiger partial charge in [-0.1, -0.05) is 44.2 Å². The number of unbranched alkanes of at least 4 members (excludes halogenated alkanes) is 6. The van der Waals surface area contributed by atoms with E-state index in [1.165, 1.54) is 19.3 Å². The number of nitrogens with one attached hydrogen (secondary N) is 2. The Hall–Kier alpha value is -4.40. The molecule has 0 aliphatic heterocycles. The number of aromatic nitrogens is 3. The third-order valence-electron chi connectivity index (χ3n) is 6.74. The molecule has 210 valence electrons. The number of methoxy groups -OCH3 is 1. The number of nitrogens with zero attached hydrogens (tertiary/aromatic N) is 3. The molecular formula is C31H37N5O4. The van der Waals surface area contributed by atoms with E-state index >= 15 is 0 Å². The SMILES string of the molecule is COc1ccc(-c2cc(OCCCCCCCCCNc3ccccc3NC(=O)O)c3ncnc(C)c3c2)cn1. The normalized spacial score (nSPS) is 10.8. The Morgan fingerprint density at radius 1 is 0.875 bits per heavy atom. The molecular weight excluding hydrogens is 506 g/mol. The highest BCUT2D eigenvalue weighted by molar-refractivity contribution is 5.91. The first-order chi connectivity index (χ1) is 19.5. The maximum absolute atomic E-state index is 10.9. The van der Waals surface area contributed by atoms with E-state index in [9.17, 15) is 4.79 Å². The molecule has 0 bridgehead atoms. The van der Waals surface area contributed by atoms with Crippen LogP contribution in [-0.2, 0) is 0 Å². The van der Waals surface area contributed by atoms with Crippen LogP contribution in [0.2, 0.25) is 0 Å². The number of pyridine rings is 1. The second kappa shape index (κ2) is 14.7. The maximum atomic E-state index is 10.9. The van der Waals surface area contributed by atoms with Crippen LogP contribution in [0.5, 0.6) is 11.6 Å². The quantitative estimate of drug-likeness (QED) is 0.133. The molecule has 0 saturated heterocycles. The summed E-state index contributed by atoms with van der Waals surface area (Å²) in [4.78, 5) is 24.1. The highest BCUT2D eigenvalue weighted by Crippen LogP contribution is 2.33. The van der Waals surface area contributed by atoms with Crippen LogP contribution in [0.15, 0.2) is 61.1 Å². The molecule has 0 unspecified atom stereocenters. The van der Waals surface area contributed by atoms with Gasteiger partial charge in [0, 0.05) is 35.5 Å². The van der Waals surface area contributed by atoms with Crippen molar-refractivity contribution in [1.29, 1.82) is 0 Å². The Morgan fingerprint density at radius 3 is 2.35 bits per heavy atom. The van der Waals surface area contributed by atoms with Gasteiger partial charge in [0.2, 0.25) is 5.88 Å². The molecule has 0 aliphatic rings. The molecule has 0 radical (unpaired) electrons. The average Bonchev–Trinajstić information content (AvgIpc) is 2.96. The summed E-state index contributed by atoms with van der Waals surface area (Å²) >= 11 is 0. The van der Waals surface area contributed by atoms with E-state index in [-0.39, 0.29) is 0 Å². The van der Waals surface area contributed by atoms with E-state index in [1.807, 2.05) is 43.3 Å². The molecule has 0 fully saturated rings. The lowest BCUT2D eigenvalue weighted by Gasteiger charge is -2.13. The van der Waals surface area contributed by atoms with Crippen molar-refractivity contribution < 1.29 is 19.4 Å². The van der Waals surface area contributed by atoms with Crippen LogP contribution in [0.25, 0.3) is 22.0 Å². The summed E-state index contributed by atoms with van der Waals surface area (Å²) in [5.41, 5.74) is 5.11. The molecule has 1 amide bonds. The van der Waals surface area contributed by atoms with E-state index < -0.39 is 6.09 Å². The Morgan fingerprint density at radius 2 is 1.62 bits per heavy atom.